The van der Waals surface area contributed by atoms with Gasteiger partial charge in [0, 0.05) is 49.7 Å². The maximum atomic E-state index is 12.8. The number of amides is 1. The monoisotopic (exact) mass is 436 g/mol. The van der Waals surface area contributed by atoms with E-state index in [1.807, 2.05) is 42.1 Å². The lowest BCUT2D eigenvalue weighted by molar-refractivity contribution is -0.130. The number of nitrogens with one attached hydrogen (secondary N) is 1. The number of pyridine rings is 1. The molecule has 0 spiro atoms. The van der Waals surface area contributed by atoms with Crippen molar-refractivity contribution >= 4 is 11.6 Å². The van der Waals surface area contributed by atoms with Crippen LogP contribution in [0.5, 0.6) is 0 Å². The van der Waals surface area contributed by atoms with Crippen molar-refractivity contribution in [3.8, 4) is 11.3 Å². The van der Waals surface area contributed by atoms with Gasteiger partial charge in [-0.3, -0.25) is 9.59 Å². The van der Waals surface area contributed by atoms with Gasteiger partial charge in [-0.25, -0.2) is 9.97 Å². The minimum atomic E-state index is -0.102. The molecule has 2 aromatic heterocycles. The summed E-state index contributed by atoms with van der Waals surface area (Å²) in [5.41, 5.74) is 3.20. The number of likely N-dealkylation sites (N-methyl/N-ethyl adjacent to an activating group) is 1. The van der Waals surface area contributed by atoms with Gasteiger partial charge in [-0.1, -0.05) is 13.0 Å². The first-order valence-electron chi connectivity index (χ1n) is 11.4. The molecule has 1 N–H and O–H groups in total. The van der Waals surface area contributed by atoms with E-state index in [4.69, 9.17) is 0 Å². The summed E-state index contributed by atoms with van der Waals surface area (Å²) in [4.78, 5) is 42.9. The molecule has 0 aromatic carbocycles. The minimum absolute atomic E-state index is 0.0326. The van der Waals surface area contributed by atoms with Gasteiger partial charge in [0.2, 0.25) is 5.91 Å². The average molecular weight is 437 g/mol. The van der Waals surface area contributed by atoms with Crippen LogP contribution in [-0.2, 0) is 11.2 Å². The van der Waals surface area contributed by atoms with Gasteiger partial charge >= 0.3 is 0 Å². The zero-order chi connectivity index (χ0) is 22.7. The van der Waals surface area contributed by atoms with Crippen molar-refractivity contribution in [2.45, 2.75) is 32.2 Å². The van der Waals surface area contributed by atoms with Crippen molar-refractivity contribution in [1.82, 2.24) is 24.8 Å². The lowest BCUT2D eigenvalue weighted by atomic mass is 10.0. The molecule has 2 fully saturated rings. The van der Waals surface area contributed by atoms with Crippen molar-refractivity contribution in [3.63, 3.8) is 0 Å². The summed E-state index contributed by atoms with van der Waals surface area (Å²) in [5, 5.41) is 0. The third-order valence-corrected chi connectivity index (χ3v) is 6.07. The Morgan fingerprint density at radius 1 is 1.25 bits per heavy atom. The summed E-state index contributed by atoms with van der Waals surface area (Å²) in [6.45, 7) is 4.91. The Kier molecular flexibility index (Phi) is 6.69. The number of H-pyrrole nitrogens is 1. The second kappa shape index (κ2) is 9.65. The zero-order valence-electron chi connectivity index (χ0n) is 19.1. The van der Waals surface area contributed by atoms with Crippen molar-refractivity contribution < 1.29 is 4.79 Å². The quantitative estimate of drug-likeness (QED) is 0.605. The number of aromatic amines is 1. The Hall–Kier alpha value is -3.00. The van der Waals surface area contributed by atoms with Gasteiger partial charge in [-0.15, -0.1) is 0 Å². The molecule has 8 heteroatoms. The van der Waals surface area contributed by atoms with Gasteiger partial charge in [0.15, 0.2) is 0 Å². The molecule has 0 unspecified atom stereocenters. The van der Waals surface area contributed by atoms with Crippen LogP contribution in [0, 0.1) is 5.92 Å². The standard InChI is InChI=1S/C24H32N6O2/c1-4-19-11-21(27-16-26-19)18-10-22(24(32)25-12-18)30(13-17-7-8-17)20-14-29(15-20)23(31)6-5-9-28(2)3/h5-6,10-12,16-17,20H,4,7-9,13-15H2,1-3H3,(H,25,32)/b6-5+. The molecule has 0 radical (unpaired) electrons. The number of hydrogen-bond acceptors (Lipinski definition) is 6. The van der Waals surface area contributed by atoms with Gasteiger partial charge in [-0.2, -0.15) is 0 Å². The number of carbonyl (C=O) groups excluding carboxylic acids is 1. The molecule has 1 saturated carbocycles. The van der Waals surface area contributed by atoms with Crippen molar-refractivity contribution in [2.75, 3.05) is 45.2 Å². The highest BCUT2D eigenvalue weighted by atomic mass is 16.2. The second-order valence-corrected chi connectivity index (χ2v) is 9.01. The van der Waals surface area contributed by atoms with Crippen LogP contribution >= 0.6 is 0 Å². The van der Waals surface area contributed by atoms with E-state index in [1.165, 1.54) is 12.8 Å². The number of rotatable bonds is 9. The highest BCUT2D eigenvalue weighted by molar-refractivity contribution is 5.88. The van der Waals surface area contributed by atoms with Gasteiger partial charge in [0.1, 0.15) is 12.0 Å². The Morgan fingerprint density at radius 2 is 2.03 bits per heavy atom. The first-order valence-corrected chi connectivity index (χ1v) is 11.4. The molecule has 1 saturated heterocycles. The van der Waals surface area contributed by atoms with Crippen LogP contribution in [0.1, 0.15) is 25.5 Å². The predicted octanol–water partition coefficient (Wildman–Crippen LogP) is 1.94. The molecule has 1 aliphatic heterocycles. The number of hydrogen-bond donors (Lipinski definition) is 1. The summed E-state index contributed by atoms with van der Waals surface area (Å²) in [7, 11) is 3.95. The first-order chi connectivity index (χ1) is 15.4. The van der Waals surface area contributed by atoms with E-state index in [0.29, 0.717) is 24.7 Å². The lowest BCUT2D eigenvalue weighted by Gasteiger charge is -2.46. The summed E-state index contributed by atoms with van der Waals surface area (Å²) in [6, 6.07) is 4.05. The lowest BCUT2D eigenvalue weighted by Crippen LogP contribution is -2.62. The molecular formula is C24H32N6O2. The van der Waals surface area contributed by atoms with Crippen LogP contribution in [0.2, 0.25) is 0 Å². The number of aromatic nitrogens is 3. The molecule has 3 heterocycles. The molecular weight excluding hydrogens is 404 g/mol. The normalized spacial score (nSPS) is 16.6. The van der Waals surface area contributed by atoms with Crippen LogP contribution < -0.4 is 10.5 Å². The first kappa shape index (κ1) is 22.2. The SMILES string of the molecule is CCc1cc(-c2c[nH]c(=O)c(N(CC3CC3)C3CN(C(=O)/C=C/CN(C)C)C3)c2)ncn1. The van der Waals surface area contributed by atoms with E-state index in [2.05, 4.69) is 26.8 Å². The number of anilines is 1. The molecule has 32 heavy (non-hydrogen) atoms. The molecule has 4 rings (SSSR count). The molecule has 1 aliphatic carbocycles. The topological polar surface area (TPSA) is 85.4 Å². The molecule has 1 amide bonds. The van der Waals surface area contributed by atoms with Crippen LogP contribution in [0.4, 0.5) is 5.69 Å². The number of nitrogens with zero attached hydrogens (tertiary/aromatic N) is 5. The fourth-order valence-electron chi connectivity index (χ4n) is 3.91. The fraction of sp³-hybridized carbons (Fsp3) is 0.500. The van der Waals surface area contributed by atoms with Crippen LogP contribution in [0.15, 0.2) is 41.6 Å². The summed E-state index contributed by atoms with van der Waals surface area (Å²) in [6.07, 6.45) is 10.0. The van der Waals surface area contributed by atoms with E-state index >= 15 is 0 Å². The molecule has 8 nitrogen and oxygen atoms in total. The summed E-state index contributed by atoms with van der Waals surface area (Å²) < 4.78 is 0. The molecule has 2 aromatic rings. The maximum absolute atomic E-state index is 12.8. The Labute approximate surface area is 189 Å². The minimum Gasteiger partial charge on any atom is -0.360 e. The number of carbonyl (C=O) groups is 1. The van der Waals surface area contributed by atoms with E-state index in [1.54, 1.807) is 18.6 Å². The third-order valence-electron chi connectivity index (χ3n) is 6.07. The Morgan fingerprint density at radius 3 is 2.72 bits per heavy atom. The summed E-state index contributed by atoms with van der Waals surface area (Å²) >= 11 is 0. The van der Waals surface area contributed by atoms with Gasteiger partial charge < -0.3 is 19.7 Å². The Balaban J connectivity index is 1.52. The van der Waals surface area contributed by atoms with Crippen molar-refractivity contribution in [2.24, 2.45) is 5.92 Å². The number of aryl methyl sites for hydroxylation is 1. The molecule has 170 valence electrons. The Bertz CT molecular complexity index is 1040. The van der Waals surface area contributed by atoms with Crippen LogP contribution in [-0.4, -0.2) is 77.0 Å². The van der Waals surface area contributed by atoms with E-state index in [0.717, 1.165) is 36.5 Å². The highest BCUT2D eigenvalue weighted by Crippen LogP contribution is 2.33. The van der Waals surface area contributed by atoms with E-state index in [-0.39, 0.29) is 17.5 Å². The zero-order valence-corrected chi connectivity index (χ0v) is 19.1. The van der Waals surface area contributed by atoms with Crippen molar-refractivity contribution in [3.05, 3.63) is 52.9 Å². The van der Waals surface area contributed by atoms with Crippen molar-refractivity contribution in [1.29, 1.82) is 0 Å². The third kappa shape index (κ3) is 5.24. The molecule has 2 aliphatic rings. The molecule has 0 bridgehead atoms. The van der Waals surface area contributed by atoms with E-state index < -0.39 is 0 Å². The highest BCUT2D eigenvalue weighted by Gasteiger charge is 2.37. The molecule has 0 atom stereocenters. The predicted molar refractivity (Wildman–Crippen MR) is 126 cm³/mol. The largest absolute Gasteiger partial charge is 0.360 e. The maximum Gasteiger partial charge on any atom is 0.271 e. The van der Waals surface area contributed by atoms with Crippen LogP contribution in [0.25, 0.3) is 11.3 Å². The summed E-state index contributed by atoms with van der Waals surface area (Å²) in [5.74, 6) is 0.652. The second-order valence-electron chi connectivity index (χ2n) is 9.01. The van der Waals surface area contributed by atoms with Crippen LogP contribution in [0.3, 0.4) is 0 Å². The van der Waals surface area contributed by atoms with Gasteiger partial charge in [0.05, 0.1) is 11.7 Å². The fourth-order valence-corrected chi connectivity index (χ4v) is 3.91. The van der Waals surface area contributed by atoms with E-state index in [9.17, 15) is 9.59 Å². The van der Waals surface area contributed by atoms with Gasteiger partial charge in [0.25, 0.3) is 5.56 Å². The smallest absolute Gasteiger partial charge is 0.271 e. The van der Waals surface area contributed by atoms with Gasteiger partial charge in [-0.05, 0) is 51.4 Å². The average Bonchev–Trinajstić information content (AvgIpc) is 3.56. The number of likely N-dealkylation sites (tertiary alicyclic amines) is 1.